The lowest BCUT2D eigenvalue weighted by Gasteiger charge is -2.23. The van der Waals surface area contributed by atoms with Gasteiger partial charge in [0.25, 0.3) is 0 Å². The van der Waals surface area contributed by atoms with Crippen LogP contribution in [0.15, 0.2) is 54.7 Å². The zero-order chi connectivity index (χ0) is 22.1. The number of hydrogen-bond acceptors (Lipinski definition) is 5. The standard InChI is InChI=1S/C26H30N6/c1-18-8-7-9-19(16-18)25-26(32-23(29-25)12-13-24(30-32)31(2)3)20-14-15-27-22(17-20)28-21-10-5-4-6-11-21/h7-9,12-17,21H,4-6,10-11H2,1-3H3,(H,27,28). The van der Waals surface area contributed by atoms with Crippen LogP contribution in [-0.4, -0.2) is 39.7 Å². The van der Waals surface area contributed by atoms with Crippen molar-refractivity contribution in [2.24, 2.45) is 0 Å². The third-order valence-electron chi connectivity index (χ3n) is 6.20. The molecule has 1 fully saturated rings. The number of aryl methyl sites for hydroxylation is 1. The van der Waals surface area contributed by atoms with Gasteiger partial charge in [0.1, 0.15) is 17.3 Å². The van der Waals surface area contributed by atoms with Crippen LogP contribution in [0.3, 0.4) is 0 Å². The molecule has 6 heteroatoms. The Hall–Kier alpha value is -3.41. The molecule has 0 amide bonds. The molecule has 32 heavy (non-hydrogen) atoms. The summed E-state index contributed by atoms with van der Waals surface area (Å²) in [7, 11) is 4.01. The molecule has 0 unspecified atom stereocenters. The Morgan fingerprint density at radius 1 is 0.969 bits per heavy atom. The van der Waals surface area contributed by atoms with E-state index in [1.165, 1.54) is 37.7 Å². The second-order valence-electron chi connectivity index (χ2n) is 8.94. The van der Waals surface area contributed by atoms with E-state index in [0.717, 1.165) is 39.8 Å². The summed E-state index contributed by atoms with van der Waals surface area (Å²) >= 11 is 0. The summed E-state index contributed by atoms with van der Waals surface area (Å²) in [5.74, 6) is 1.81. The molecule has 5 rings (SSSR count). The molecule has 1 aliphatic carbocycles. The molecule has 3 heterocycles. The predicted molar refractivity (Wildman–Crippen MR) is 131 cm³/mol. The largest absolute Gasteiger partial charge is 0.367 e. The minimum Gasteiger partial charge on any atom is -0.367 e. The first-order valence-electron chi connectivity index (χ1n) is 11.5. The summed E-state index contributed by atoms with van der Waals surface area (Å²) in [4.78, 5) is 11.6. The summed E-state index contributed by atoms with van der Waals surface area (Å²) in [6.45, 7) is 2.11. The average molecular weight is 427 g/mol. The van der Waals surface area contributed by atoms with Crippen LogP contribution in [0.25, 0.3) is 28.2 Å². The maximum atomic E-state index is 4.99. The molecule has 1 N–H and O–H groups in total. The van der Waals surface area contributed by atoms with Gasteiger partial charge in [-0.2, -0.15) is 0 Å². The van der Waals surface area contributed by atoms with Crippen LogP contribution in [0.5, 0.6) is 0 Å². The van der Waals surface area contributed by atoms with E-state index < -0.39 is 0 Å². The third-order valence-corrected chi connectivity index (χ3v) is 6.20. The maximum absolute atomic E-state index is 4.99. The fourth-order valence-electron chi connectivity index (χ4n) is 4.53. The molecule has 0 spiro atoms. The van der Waals surface area contributed by atoms with Crippen LogP contribution in [0.2, 0.25) is 0 Å². The Morgan fingerprint density at radius 2 is 1.81 bits per heavy atom. The van der Waals surface area contributed by atoms with Crippen molar-refractivity contribution in [2.45, 2.75) is 45.1 Å². The van der Waals surface area contributed by atoms with Gasteiger partial charge in [-0.15, -0.1) is 5.10 Å². The van der Waals surface area contributed by atoms with Crippen LogP contribution in [0, 0.1) is 6.92 Å². The van der Waals surface area contributed by atoms with Gasteiger partial charge in [-0.25, -0.2) is 14.5 Å². The van der Waals surface area contributed by atoms with E-state index in [9.17, 15) is 0 Å². The van der Waals surface area contributed by atoms with E-state index >= 15 is 0 Å². The summed E-state index contributed by atoms with van der Waals surface area (Å²) in [6, 6.07) is 17.2. The van der Waals surface area contributed by atoms with Gasteiger partial charge in [0.2, 0.25) is 0 Å². The Bertz CT molecular complexity index is 1240. The van der Waals surface area contributed by atoms with E-state index in [1.54, 1.807) is 0 Å². The van der Waals surface area contributed by atoms with Gasteiger partial charge in [-0.05, 0) is 50.1 Å². The number of hydrogen-bond donors (Lipinski definition) is 1. The molecule has 0 aliphatic heterocycles. The molecule has 1 aliphatic rings. The van der Waals surface area contributed by atoms with Crippen molar-refractivity contribution in [2.75, 3.05) is 24.3 Å². The Balaban J connectivity index is 1.65. The van der Waals surface area contributed by atoms with Crippen LogP contribution in [0.4, 0.5) is 11.6 Å². The van der Waals surface area contributed by atoms with E-state index in [1.807, 2.05) is 41.8 Å². The van der Waals surface area contributed by atoms with E-state index in [0.29, 0.717) is 6.04 Å². The Kier molecular flexibility index (Phi) is 5.52. The van der Waals surface area contributed by atoms with Crippen LogP contribution in [0.1, 0.15) is 37.7 Å². The van der Waals surface area contributed by atoms with Gasteiger partial charge in [-0.3, -0.25) is 0 Å². The number of aromatic nitrogens is 4. The summed E-state index contributed by atoms with van der Waals surface area (Å²) in [5.41, 5.74) is 6.12. The normalized spacial score (nSPS) is 14.6. The van der Waals surface area contributed by atoms with Crippen LogP contribution in [-0.2, 0) is 0 Å². The highest BCUT2D eigenvalue weighted by molar-refractivity contribution is 5.82. The Labute approximate surface area is 189 Å². The third kappa shape index (κ3) is 4.05. The zero-order valence-corrected chi connectivity index (χ0v) is 19.0. The van der Waals surface area contributed by atoms with Crippen LogP contribution >= 0.6 is 0 Å². The first kappa shape index (κ1) is 20.5. The van der Waals surface area contributed by atoms with E-state index in [2.05, 4.69) is 53.6 Å². The second-order valence-corrected chi connectivity index (χ2v) is 8.94. The number of anilines is 2. The second kappa shape index (κ2) is 8.61. The highest BCUT2D eigenvalue weighted by Crippen LogP contribution is 2.34. The number of imidazole rings is 1. The molecule has 6 nitrogen and oxygen atoms in total. The number of benzene rings is 1. The smallest absolute Gasteiger partial charge is 0.155 e. The van der Waals surface area contributed by atoms with Crippen molar-refractivity contribution in [3.8, 4) is 22.5 Å². The number of nitrogens with one attached hydrogen (secondary N) is 1. The summed E-state index contributed by atoms with van der Waals surface area (Å²) in [5, 5.41) is 8.56. The van der Waals surface area contributed by atoms with Gasteiger partial charge < -0.3 is 10.2 Å². The highest BCUT2D eigenvalue weighted by atomic mass is 15.3. The van der Waals surface area contributed by atoms with Gasteiger partial charge in [0.15, 0.2) is 5.65 Å². The molecule has 0 saturated heterocycles. The number of pyridine rings is 1. The van der Waals surface area contributed by atoms with Crippen molar-refractivity contribution < 1.29 is 0 Å². The summed E-state index contributed by atoms with van der Waals surface area (Å²) in [6.07, 6.45) is 8.23. The molecule has 4 aromatic rings. The van der Waals surface area contributed by atoms with Gasteiger partial charge in [0.05, 0.1) is 5.69 Å². The topological polar surface area (TPSA) is 58.4 Å². The van der Waals surface area contributed by atoms with Crippen LogP contribution < -0.4 is 10.2 Å². The van der Waals surface area contributed by atoms with E-state index in [4.69, 9.17) is 10.1 Å². The molecule has 0 radical (unpaired) electrons. The molecular formula is C26H30N6. The lowest BCUT2D eigenvalue weighted by Crippen LogP contribution is -2.22. The Morgan fingerprint density at radius 3 is 2.59 bits per heavy atom. The van der Waals surface area contributed by atoms with Crippen molar-refractivity contribution in [3.05, 3.63) is 60.3 Å². The monoisotopic (exact) mass is 426 g/mol. The van der Waals surface area contributed by atoms with Crippen molar-refractivity contribution >= 4 is 17.3 Å². The summed E-state index contributed by atoms with van der Waals surface area (Å²) < 4.78 is 1.97. The SMILES string of the molecule is Cc1cccc(-c2nc3ccc(N(C)C)nn3c2-c2ccnc(NC3CCCCC3)c2)c1. The quantitative estimate of drug-likeness (QED) is 0.452. The van der Waals surface area contributed by atoms with Gasteiger partial charge in [0, 0.05) is 37.5 Å². The van der Waals surface area contributed by atoms with Crippen molar-refractivity contribution in [3.63, 3.8) is 0 Å². The molecule has 164 valence electrons. The highest BCUT2D eigenvalue weighted by Gasteiger charge is 2.19. The maximum Gasteiger partial charge on any atom is 0.155 e. The molecule has 1 saturated carbocycles. The lowest BCUT2D eigenvalue weighted by atomic mass is 9.95. The minimum atomic E-state index is 0.503. The number of rotatable bonds is 5. The first-order valence-corrected chi connectivity index (χ1v) is 11.5. The van der Waals surface area contributed by atoms with Gasteiger partial charge in [-0.1, -0.05) is 43.0 Å². The van der Waals surface area contributed by atoms with E-state index in [-0.39, 0.29) is 0 Å². The number of fused-ring (bicyclic) bond motifs is 1. The first-order chi connectivity index (χ1) is 15.6. The molecule has 1 aromatic carbocycles. The average Bonchev–Trinajstić information content (AvgIpc) is 3.19. The zero-order valence-electron chi connectivity index (χ0n) is 19.0. The van der Waals surface area contributed by atoms with Gasteiger partial charge >= 0.3 is 0 Å². The predicted octanol–water partition coefficient (Wildman–Crippen LogP) is 5.58. The van der Waals surface area contributed by atoms with Crippen molar-refractivity contribution in [1.29, 1.82) is 0 Å². The molecule has 0 bridgehead atoms. The minimum absolute atomic E-state index is 0.503. The lowest BCUT2D eigenvalue weighted by molar-refractivity contribution is 0.462. The van der Waals surface area contributed by atoms with Crippen molar-refractivity contribution in [1.82, 2.24) is 19.6 Å². The molecule has 0 atom stereocenters. The fourth-order valence-corrected chi connectivity index (χ4v) is 4.53. The number of nitrogens with zero attached hydrogens (tertiary/aromatic N) is 5. The fraction of sp³-hybridized carbons (Fsp3) is 0.346. The molecule has 3 aromatic heterocycles. The molecular weight excluding hydrogens is 396 g/mol.